The van der Waals surface area contributed by atoms with Crippen LogP contribution in [-0.4, -0.2) is 22.5 Å². The first-order chi connectivity index (χ1) is 7.76. The van der Waals surface area contributed by atoms with E-state index in [0.29, 0.717) is 4.75 Å². The van der Waals surface area contributed by atoms with Gasteiger partial charge in [0.05, 0.1) is 5.69 Å². The summed E-state index contributed by atoms with van der Waals surface area (Å²) in [5, 5.41) is 3.39. The van der Waals surface area contributed by atoms with Gasteiger partial charge in [0, 0.05) is 17.5 Å². The van der Waals surface area contributed by atoms with Crippen LogP contribution in [0.1, 0.15) is 25.7 Å². The molecule has 0 atom stereocenters. The molecular formula is C12H19N3S. The third-order valence-electron chi connectivity index (χ3n) is 3.36. The molecule has 0 radical (unpaired) electrons. The molecule has 0 bridgehead atoms. The number of nitrogens with two attached hydrogens (primary N) is 1. The molecule has 3 nitrogen and oxygen atoms in total. The number of nitrogens with one attached hydrogen (secondary N) is 1. The fourth-order valence-electron chi connectivity index (χ4n) is 2.28. The Balaban J connectivity index is 1.98. The lowest BCUT2D eigenvalue weighted by atomic mass is 10.1. The minimum Gasteiger partial charge on any atom is -0.396 e. The van der Waals surface area contributed by atoms with Crippen LogP contribution in [-0.2, 0) is 0 Å². The summed E-state index contributed by atoms with van der Waals surface area (Å²) in [7, 11) is 0. The van der Waals surface area contributed by atoms with Gasteiger partial charge in [0.2, 0.25) is 0 Å². The summed E-state index contributed by atoms with van der Waals surface area (Å²) in [6.07, 6.45) is 9.27. The van der Waals surface area contributed by atoms with Crippen LogP contribution in [0.4, 0.5) is 11.5 Å². The number of hydrogen-bond donors (Lipinski definition) is 2. The number of rotatable bonds is 4. The molecule has 1 saturated carbocycles. The zero-order chi connectivity index (χ0) is 11.4. The molecule has 1 aliphatic rings. The lowest BCUT2D eigenvalue weighted by Gasteiger charge is -2.27. The molecule has 1 aromatic rings. The second-order valence-corrected chi connectivity index (χ2v) is 5.66. The van der Waals surface area contributed by atoms with E-state index in [1.165, 1.54) is 25.7 Å². The number of nitrogen functional groups attached to an aromatic ring is 1. The quantitative estimate of drug-likeness (QED) is 0.845. The van der Waals surface area contributed by atoms with Crippen molar-refractivity contribution in [2.45, 2.75) is 30.4 Å². The highest BCUT2D eigenvalue weighted by atomic mass is 32.2. The average molecular weight is 237 g/mol. The predicted octanol–water partition coefficient (Wildman–Crippen LogP) is 2.75. The van der Waals surface area contributed by atoms with Crippen molar-refractivity contribution >= 4 is 23.3 Å². The zero-order valence-electron chi connectivity index (χ0n) is 9.70. The van der Waals surface area contributed by atoms with Gasteiger partial charge in [-0.3, -0.25) is 0 Å². The summed E-state index contributed by atoms with van der Waals surface area (Å²) < 4.78 is 0.393. The molecule has 1 aliphatic carbocycles. The maximum Gasteiger partial charge on any atom is 0.149 e. The summed E-state index contributed by atoms with van der Waals surface area (Å²) in [4.78, 5) is 4.26. The van der Waals surface area contributed by atoms with Gasteiger partial charge < -0.3 is 11.1 Å². The van der Waals surface area contributed by atoms with E-state index in [2.05, 4.69) is 16.6 Å². The summed E-state index contributed by atoms with van der Waals surface area (Å²) in [5.74, 6) is 0.822. The second-order valence-electron chi connectivity index (χ2n) is 4.39. The van der Waals surface area contributed by atoms with E-state index in [0.717, 1.165) is 18.1 Å². The van der Waals surface area contributed by atoms with Crippen molar-refractivity contribution in [1.29, 1.82) is 0 Å². The highest BCUT2D eigenvalue weighted by Gasteiger charge is 2.32. The van der Waals surface area contributed by atoms with Crippen LogP contribution in [0.2, 0.25) is 0 Å². The van der Waals surface area contributed by atoms with Crippen molar-refractivity contribution in [1.82, 2.24) is 4.98 Å². The Morgan fingerprint density at radius 2 is 2.25 bits per heavy atom. The van der Waals surface area contributed by atoms with Crippen LogP contribution in [0.25, 0.3) is 0 Å². The molecule has 4 heteroatoms. The molecule has 0 unspecified atom stereocenters. The number of pyridine rings is 1. The molecule has 0 saturated heterocycles. The van der Waals surface area contributed by atoms with Gasteiger partial charge >= 0.3 is 0 Å². The standard InChI is InChI=1S/C12H19N3S/c1-16-12(6-2-3-7-12)9-15-11-10(13)5-4-8-14-11/h4-5,8H,2-3,6-7,9,13H2,1H3,(H,14,15). The molecule has 0 aliphatic heterocycles. The molecular weight excluding hydrogens is 218 g/mol. The van der Waals surface area contributed by atoms with Gasteiger partial charge in [-0.2, -0.15) is 11.8 Å². The van der Waals surface area contributed by atoms with E-state index >= 15 is 0 Å². The van der Waals surface area contributed by atoms with E-state index in [1.54, 1.807) is 6.20 Å². The smallest absolute Gasteiger partial charge is 0.149 e. The van der Waals surface area contributed by atoms with Crippen LogP contribution in [0.3, 0.4) is 0 Å². The van der Waals surface area contributed by atoms with E-state index in [9.17, 15) is 0 Å². The van der Waals surface area contributed by atoms with Crippen molar-refractivity contribution in [3.05, 3.63) is 18.3 Å². The minimum atomic E-state index is 0.393. The SMILES string of the molecule is CSC1(CNc2ncccc2N)CCCC1. The topological polar surface area (TPSA) is 50.9 Å². The van der Waals surface area contributed by atoms with Gasteiger partial charge in [0.25, 0.3) is 0 Å². The third kappa shape index (κ3) is 2.43. The minimum absolute atomic E-state index is 0.393. The third-order valence-corrected chi connectivity index (χ3v) is 4.78. The van der Waals surface area contributed by atoms with Crippen molar-refractivity contribution in [2.75, 3.05) is 23.9 Å². The van der Waals surface area contributed by atoms with Crippen LogP contribution < -0.4 is 11.1 Å². The van der Waals surface area contributed by atoms with Crippen LogP contribution >= 0.6 is 11.8 Å². The molecule has 0 aromatic carbocycles. The van der Waals surface area contributed by atoms with E-state index in [-0.39, 0.29) is 0 Å². The molecule has 2 rings (SSSR count). The van der Waals surface area contributed by atoms with E-state index in [1.807, 2.05) is 23.9 Å². The number of nitrogens with zero attached hydrogens (tertiary/aromatic N) is 1. The summed E-state index contributed by atoms with van der Waals surface area (Å²) >= 11 is 1.97. The van der Waals surface area contributed by atoms with Gasteiger partial charge in [-0.05, 0) is 31.2 Å². The van der Waals surface area contributed by atoms with Crippen LogP contribution in [0.5, 0.6) is 0 Å². The molecule has 1 fully saturated rings. The highest BCUT2D eigenvalue weighted by molar-refractivity contribution is 8.00. The first-order valence-electron chi connectivity index (χ1n) is 5.75. The van der Waals surface area contributed by atoms with E-state index in [4.69, 9.17) is 5.73 Å². The average Bonchev–Trinajstić information content (AvgIpc) is 2.78. The number of hydrogen-bond acceptors (Lipinski definition) is 4. The predicted molar refractivity (Wildman–Crippen MR) is 71.9 cm³/mol. The van der Waals surface area contributed by atoms with Gasteiger partial charge in [-0.15, -0.1) is 0 Å². The van der Waals surface area contributed by atoms with Crippen molar-refractivity contribution < 1.29 is 0 Å². The first-order valence-corrected chi connectivity index (χ1v) is 6.98. The molecule has 1 heterocycles. The molecule has 0 amide bonds. The lowest BCUT2D eigenvalue weighted by molar-refractivity contribution is 0.639. The summed E-state index contributed by atoms with van der Waals surface area (Å²) in [6.45, 7) is 0.968. The van der Waals surface area contributed by atoms with Crippen LogP contribution in [0, 0.1) is 0 Å². The zero-order valence-corrected chi connectivity index (χ0v) is 10.5. The Morgan fingerprint density at radius 3 is 2.88 bits per heavy atom. The first kappa shape index (κ1) is 11.6. The lowest BCUT2D eigenvalue weighted by Crippen LogP contribution is -2.30. The Bertz CT molecular complexity index is 348. The number of thioether (sulfide) groups is 1. The normalized spacial score (nSPS) is 18.6. The number of aromatic nitrogens is 1. The van der Waals surface area contributed by atoms with Crippen molar-refractivity contribution in [2.24, 2.45) is 0 Å². The Kier molecular flexibility index (Phi) is 3.59. The molecule has 88 valence electrons. The Hall–Kier alpha value is -0.900. The number of anilines is 2. The highest BCUT2D eigenvalue weighted by Crippen LogP contribution is 2.40. The van der Waals surface area contributed by atoms with Crippen molar-refractivity contribution in [3.63, 3.8) is 0 Å². The summed E-state index contributed by atoms with van der Waals surface area (Å²) in [5.41, 5.74) is 6.59. The second kappa shape index (κ2) is 4.95. The van der Waals surface area contributed by atoms with Crippen molar-refractivity contribution in [3.8, 4) is 0 Å². The van der Waals surface area contributed by atoms with Gasteiger partial charge in [-0.1, -0.05) is 12.8 Å². The fraction of sp³-hybridized carbons (Fsp3) is 0.583. The summed E-state index contributed by atoms with van der Waals surface area (Å²) in [6, 6.07) is 3.75. The fourth-order valence-corrected chi connectivity index (χ4v) is 3.20. The Labute approximate surface area is 101 Å². The van der Waals surface area contributed by atoms with E-state index < -0.39 is 0 Å². The molecule has 16 heavy (non-hydrogen) atoms. The molecule has 3 N–H and O–H groups in total. The van der Waals surface area contributed by atoms with Gasteiger partial charge in [-0.25, -0.2) is 4.98 Å². The van der Waals surface area contributed by atoms with Crippen LogP contribution in [0.15, 0.2) is 18.3 Å². The van der Waals surface area contributed by atoms with Gasteiger partial charge in [0.1, 0.15) is 5.82 Å². The molecule has 0 spiro atoms. The van der Waals surface area contributed by atoms with Gasteiger partial charge in [0.15, 0.2) is 0 Å². The molecule has 1 aromatic heterocycles. The monoisotopic (exact) mass is 237 g/mol. The Morgan fingerprint density at radius 1 is 1.50 bits per heavy atom. The largest absolute Gasteiger partial charge is 0.396 e. The maximum absolute atomic E-state index is 5.86. The maximum atomic E-state index is 5.86.